The van der Waals surface area contributed by atoms with Gasteiger partial charge in [-0.1, -0.05) is 0 Å². The van der Waals surface area contributed by atoms with Gasteiger partial charge < -0.3 is 0 Å². The molecule has 12 heavy (non-hydrogen) atoms. The Kier molecular flexibility index (Phi) is 9.44. The molecule has 0 aromatic rings. The number of unbranched alkanes of at least 4 members (excludes halogenated alkanes) is 2. The van der Waals surface area contributed by atoms with Crippen LogP contribution in [0.25, 0.3) is 0 Å². The van der Waals surface area contributed by atoms with Gasteiger partial charge in [0.1, 0.15) is 0 Å². The summed E-state index contributed by atoms with van der Waals surface area (Å²) in [5.41, 5.74) is 0. The molecular formula is C8H19ClOSn2. The SMILES string of the molecule is CCC[CH2][Sn]([Cl])([CH2]CCC)[O][SnH]. The van der Waals surface area contributed by atoms with Gasteiger partial charge in [0.15, 0.2) is 0 Å². The van der Waals surface area contributed by atoms with E-state index in [4.69, 9.17) is 10.3 Å². The van der Waals surface area contributed by atoms with E-state index >= 15 is 0 Å². The predicted molar refractivity (Wildman–Crippen MR) is 59.3 cm³/mol. The molecule has 0 aliphatic carbocycles. The molecule has 0 aliphatic rings. The van der Waals surface area contributed by atoms with E-state index in [0.717, 1.165) is 22.9 Å². The van der Waals surface area contributed by atoms with Gasteiger partial charge in [0, 0.05) is 0 Å². The zero-order valence-corrected chi connectivity index (χ0v) is 15.0. The summed E-state index contributed by atoms with van der Waals surface area (Å²) in [4.78, 5) is 0. The van der Waals surface area contributed by atoms with Crippen molar-refractivity contribution >= 4 is 49.5 Å². The molecule has 0 unspecified atom stereocenters. The van der Waals surface area contributed by atoms with Crippen LogP contribution < -0.4 is 0 Å². The molecule has 2 radical (unpaired) electrons. The van der Waals surface area contributed by atoms with E-state index in [0.29, 0.717) is 0 Å². The van der Waals surface area contributed by atoms with Gasteiger partial charge >= 0.3 is 99.3 Å². The molecule has 0 bridgehead atoms. The summed E-state index contributed by atoms with van der Waals surface area (Å²) in [5.74, 6) is 0. The van der Waals surface area contributed by atoms with Gasteiger partial charge in [0.05, 0.1) is 0 Å². The number of rotatable bonds is 7. The van der Waals surface area contributed by atoms with Crippen molar-refractivity contribution in [1.82, 2.24) is 0 Å². The molecule has 4 heteroatoms. The van der Waals surface area contributed by atoms with E-state index in [1.54, 1.807) is 0 Å². The average Bonchev–Trinajstić information content (AvgIpc) is 2.11. The van der Waals surface area contributed by atoms with Crippen LogP contribution in [0.5, 0.6) is 0 Å². The predicted octanol–water partition coefficient (Wildman–Crippen LogP) is 3.10. The molecule has 0 N–H and O–H groups in total. The van der Waals surface area contributed by atoms with E-state index in [1.165, 1.54) is 34.6 Å². The van der Waals surface area contributed by atoms with Gasteiger partial charge in [-0.05, 0) is 0 Å². The summed E-state index contributed by atoms with van der Waals surface area (Å²) in [5, 5.41) is 0. The van der Waals surface area contributed by atoms with E-state index in [2.05, 4.69) is 13.8 Å². The molecule has 0 saturated carbocycles. The fourth-order valence-corrected chi connectivity index (χ4v) is 13.8. The molecule has 0 aliphatic heterocycles. The van der Waals surface area contributed by atoms with Crippen LogP contribution in [-0.4, -0.2) is 40.6 Å². The van der Waals surface area contributed by atoms with Crippen LogP contribution in [0.1, 0.15) is 39.5 Å². The summed E-state index contributed by atoms with van der Waals surface area (Å²) in [6.45, 7) is 4.44. The third-order valence-electron chi connectivity index (χ3n) is 2.02. The van der Waals surface area contributed by atoms with Crippen molar-refractivity contribution in [3.63, 3.8) is 0 Å². The molecule has 0 amide bonds. The summed E-state index contributed by atoms with van der Waals surface area (Å²) < 4.78 is 8.08. The first kappa shape index (κ1) is 13.8. The van der Waals surface area contributed by atoms with Crippen LogP contribution in [0, 0.1) is 0 Å². The quantitative estimate of drug-likeness (QED) is 0.593. The Bertz CT molecular complexity index is 103. The standard InChI is InChI=1S/2C4H9.ClH.O.2Sn.H/c2*1-3-4-2;;;;;/h2*1,3-4H2,2H3;1H;;;;/q;;;;;+1;/p-1. The van der Waals surface area contributed by atoms with Crippen LogP contribution in [0.2, 0.25) is 8.87 Å². The number of hydrogen-bond donors (Lipinski definition) is 0. The molecule has 0 fully saturated rings. The van der Waals surface area contributed by atoms with Crippen molar-refractivity contribution in [3.8, 4) is 0 Å². The second-order valence-electron chi connectivity index (χ2n) is 3.21. The number of hydrogen-bond acceptors (Lipinski definition) is 1. The Morgan fingerprint density at radius 2 is 1.58 bits per heavy atom. The average molecular weight is 404 g/mol. The molecular weight excluding hydrogens is 385 g/mol. The van der Waals surface area contributed by atoms with Crippen LogP contribution in [-0.2, 0) is 1.41 Å². The molecule has 0 rings (SSSR count). The number of halogens is 1. The molecule has 0 aromatic heterocycles. The Balaban J connectivity index is 3.70. The second kappa shape index (κ2) is 8.18. The fraction of sp³-hybridized carbons (Fsp3) is 1.00. The maximum absolute atomic E-state index is 6.50. The van der Waals surface area contributed by atoms with Crippen molar-refractivity contribution in [2.45, 2.75) is 48.4 Å². The van der Waals surface area contributed by atoms with E-state index in [-0.39, 0.29) is 0 Å². The van der Waals surface area contributed by atoms with E-state index in [1.807, 2.05) is 0 Å². The molecule has 0 atom stereocenters. The van der Waals surface area contributed by atoms with Crippen molar-refractivity contribution in [2.75, 3.05) is 0 Å². The minimum absolute atomic E-state index is 0.903. The van der Waals surface area contributed by atoms with Gasteiger partial charge in [-0.15, -0.1) is 0 Å². The van der Waals surface area contributed by atoms with Crippen LogP contribution >= 0.6 is 8.92 Å². The normalized spacial score (nSPS) is 12.0. The fourth-order valence-electron chi connectivity index (χ4n) is 1.12. The molecule has 1 nitrogen and oxygen atoms in total. The summed E-state index contributed by atoms with van der Waals surface area (Å²) >= 11 is -1.55. The van der Waals surface area contributed by atoms with Gasteiger partial charge in [0.2, 0.25) is 0 Å². The van der Waals surface area contributed by atoms with Crippen molar-refractivity contribution < 1.29 is 1.41 Å². The van der Waals surface area contributed by atoms with Crippen molar-refractivity contribution in [1.29, 1.82) is 0 Å². The summed E-state index contributed by atoms with van der Waals surface area (Å²) in [6, 6.07) is 0. The first-order chi connectivity index (χ1) is 5.68. The van der Waals surface area contributed by atoms with Crippen molar-refractivity contribution in [2.24, 2.45) is 0 Å². The maximum atomic E-state index is 6.50. The van der Waals surface area contributed by atoms with E-state index < -0.39 is 17.7 Å². The molecule has 0 saturated heterocycles. The zero-order chi connectivity index (χ0) is 9.45. The first-order valence-electron chi connectivity index (χ1n) is 4.75. The van der Waals surface area contributed by atoms with Gasteiger partial charge in [0.25, 0.3) is 0 Å². The van der Waals surface area contributed by atoms with Crippen LogP contribution in [0.4, 0.5) is 0 Å². The van der Waals surface area contributed by atoms with Crippen molar-refractivity contribution in [3.05, 3.63) is 0 Å². The van der Waals surface area contributed by atoms with Gasteiger partial charge in [-0.25, -0.2) is 0 Å². The Labute approximate surface area is 98.4 Å². The molecule has 72 valence electrons. The molecule has 0 aromatic carbocycles. The Morgan fingerprint density at radius 1 is 1.17 bits per heavy atom. The zero-order valence-electron chi connectivity index (χ0n) is 8.11. The third-order valence-corrected chi connectivity index (χ3v) is 24.1. The topological polar surface area (TPSA) is 9.23 Å². The van der Waals surface area contributed by atoms with Crippen LogP contribution in [0.3, 0.4) is 0 Å². The Hall–Kier alpha value is 1.85. The molecule has 0 heterocycles. The van der Waals surface area contributed by atoms with Gasteiger partial charge in [-0.3, -0.25) is 0 Å². The summed E-state index contributed by atoms with van der Waals surface area (Å²) in [7, 11) is 6.50. The van der Waals surface area contributed by atoms with E-state index in [9.17, 15) is 0 Å². The first-order valence-corrected chi connectivity index (χ1v) is 14.9. The summed E-state index contributed by atoms with van der Waals surface area (Å²) in [6.07, 6.45) is 5.04. The van der Waals surface area contributed by atoms with Crippen LogP contribution in [0.15, 0.2) is 0 Å². The van der Waals surface area contributed by atoms with Gasteiger partial charge in [-0.2, -0.15) is 0 Å². The Morgan fingerprint density at radius 3 is 1.83 bits per heavy atom. The third kappa shape index (κ3) is 6.32. The second-order valence-corrected chi connectivity index (χ2v) is 20.9. The monoisotopic (exact) mass is 406 g/mol. The minimum atomic E-state index is -2.46. The molecule has 0 spiro atoms.